The number of ether oxygens (including phenoxy) is 4. The van der Waals surface area contributed by atoms with Crippen molar-refractivity contribution in [3.63, 3.8) is 0 Å². The third-order valence-electron chi connectivity index (χ3n) is 4.29. The van der Waals surface area contributed by atoms with Crippen molar-refractivity contribution in [1.82, 2.24) is 0 Å². The summed E-state index contributed by atoms with van der Waals surface area (Å²) in [6.45, 7) is 8.21. The van der Waals surface area contributed by atoms with Gasteiger partial charge in [0.25, 0.3) is 0 Å². The maximum absolute atomic E-state index is 11.6. The maximum atomic E-state index is 11.6. The fourth-order valence-electron chi connectivity index (χ4n) is 2.47. The minimum Gasteiger partial charge on any atom is -0.494 e. The van der Waals surface area contributed by atoms with Gasteiger partial charge in [-0.3, -0.25) is 0 Å². The normalized spacial score (nSPS) is 15.6. The van der Waals surface area contributed by atoms with Crippen molar-refractivity contribution >= 4 is 5.97 Å². The van der Waals surface area contributed by atoms with Crippen molar-refractivity contribution in [2.45, 2.75) is 33.1 Å². The standard InChI is InChI=1S/C19H28O5/c1-3-19(14-22-15-19)13-21-11-5-6-12-24-17-9-7-16(8-10-17)18(20)23-4-2/h7-10H,3-6,11-15H2,1-2H3. The Balaban J connectivity index is 1.55. The van der Waals surface area contributed by atoms with Gasteiger partial charge >= 0.3 is 5.97 Å². The fraction of sp³-hybridized carbons (Fsp3) is 0.632. The highest BCUT2D eigenvalue weighted by Crippen LogP contribution is 2.31. The SMILES string of the molecule is CCOC(=O)c1ccc(OCCCCOCC2(CC)COC2)cc1. The van der Waals surface area contributed by atoms with Crippen molar-refractivity contribution in [2.75, 3.05) is 39.6 Å². The molecule has 1 aromatic carbocycles. The molecule has 1 aromatic rings. The average Bonchev–Trinajstić information content (AvgIpc) is 2.57. The lowest BCUT2D eigenvalue weighted by Gasteiger charge is -2.40. The zero-order valence-corrected chi connectivity index (χ0v) is 14.7. The highest BCUT2D eigenvalue weighted by Gasteiger charge is 2.36. The van der Waals surface area contributed by atoms with Crippen LogP contribution in [0.4, 0.5) is 0 Å². The van der Waals surface area contributed by atoms with Gasteiger partial charge in [-0.05, 0) is 50.5 Å². The lowest BCUT2D eigenvalue weighted by Crippen LogP contribution is -2.45. The molecule has 0 atom stereocenters. The molecule has 0 radical (unpaired) electrons. The van der Waals surface area contributed by atoms with Gasteiger partial charge in [-0.2, -0.15) is 0 Å². The zero-order valence-electron chi connectivity index (χ0n) is 14.7. The molecule has 134 valence electrons. The predicted molar refractivity (Wildman–Crippen MR) is 91.5 cm³/mol. The molecule has 0 amide bonds. The van der Waals surface area contributed by atoms with Crippen LogP contribution in [-0.2, 0) is 14.2 Å². The Labute approximate surface area is 144 Å². The summed E-state index contributed by atoms with van der Waals surface area (Å²) in [5, 5.41) is 0. The van der Waals surface area contributed by atoms with E-state index < -0.39 is 0 Å². The number of carbonyl (C=O) groups excluding carboxylic acids is 1. The second kappa shape index (κ2) is 9.64. The van der Waals surface area contributed by atoms with Gasteiger partial charge in [0.15, 0.2) is 0 Å². The smallest absolute Gasteiger partial charge is 0.338 e. The van der Waals surface area contributed by atoms with Crippen molar-refractivity contribution in [3.8, 4) is 5.75 Å². The number of hydrogen-bond donors (Lipinski definition) is 0. The Morgan fingerprint density at radius 2 is 1.83 bits per heavy atom. The lowest BCUT2D eigenvalue weighted by molar-refractivity contribution is -0.150. The first-order chi connectivity index (χ1) is 11.7. The molecule has 1 aliphatic heterocycles. The molecule has 1 heterocycles. The second-order valence-corrected chi connectivity index (χ2v) is 6.20. The van der Waals surface area contributed by atoms with Crippen LogP contribution < -0.4 is 4.74 Å². The second-order valence-electron chi connectivity index (χ2n) is 6.20. The van der Waals surface area contributed by atoms with Gasteiger partial charge in [0.05, 0.1) is 38.6 Å². The van der Waals surface area contributed by atoms with Gasteiger partial charge in [0, 0.05) is 12.0 Å². The van der Waals surface area contributed by atoms with E-state index in [-0.39, 0.29) is 11.4 Å². The molecule has 0 saturated carbocycles. The summed E-state index contributed by atoms with van der Waals surface area (Å²) in [4.78, 5) is 11.6. The molecule has 5 nitrogen and oxygen atoms in total. The van der Waals surface area contributed by atoms with Gasteiger partial charge in [-0.25, -0.2) is 4.79 Å². The number of esters is 1. The quantitative estimate of drug-likeness (QED) is 0.457. The molecule has 0 N–H and O–H groups in total. The number of carbonyl (C=O) groups is 1. The Morgan fingerprint density at radius 3 is 2.42 bits per heavy atom. The van der Waals surface area contributed by atoms with E-state index in [0.717, 1.165) is 51.4 Å². The summed E-state index contributed by atoms with van der Waals surface area (Å²) in [5.41, 5.74) is 0.805. The molecule has 0 aliphatic carbocycles. The summed E-state index contributed by atoms with van der Waals surface area (Å²) in [6, 6.07) is 7.04. The number of hydrogen-bond acceptors (Lipinski definition) is 5. The summed E-state index contributed by atoms with van der Waals surface area (Å²) in [6.07, 6.45) is 3.02. The molecule has 1 fully saturated rings. The first kappa shape index (κ1) is 18.7. The molecule has 1 saturated heterocycles. The van der Waals surface area contributed by atoms with Crippen LogP contribution in [0.3, 0.4) is 0 Å². The van der Waals surface area contributed by atoms with Crippen molar-refractivity contribution in [3.05, 3.63) is 29.8 Å². The number of unbranched alkanes of at least 4 members (excludes halogenated alkanes) is 1. The number of benzene rings is 1. The van der Waals surface area contributed by atoms with Crippen LogP contribution in [0.5, 0.6) is 5.75 Å². The van der Waals surface area contributed by atoms with Crippen LogP contribution in [0.25, 0.3) is 0 Å². The molecule has 5 heteroatoms. The Bertz CT molecular complexity index is 487. The first-order valence-corrected chi connectivity index (χ1v) is 8.74. The molecule has 0 aromatic heterocycles. The zero-order chi connectivity index (χ0) is 17.3. The van der Waals surface area contributed by atoms with Gasteiger partial charge in [-0.15, -0.1) is 0 Å². The van der Waals surface area contributed by atoms with Crippen molar-refractivity contribution in [1.29, 1.82) is 0 Å². The van der Waals surface area contributed by atoms with Crippen LogP contribution >= 0.6 is 0 Å². The van der Waals surface area contributed by atoms with E-state index in [2.05, 4.69) is 6.92 Å². The van der Waals surface area contributed by atoms with Crippen LogP contribution in [0.2, 0.25) is 0 Å². The van der Waals surface area contributed by atoms with Gasteiger partial charge < -0.3 is 18.9 Å². The number of rotatable bonds is 11. The Kier molecular flexibility index (Phi) is 7.53. The monoisotopic (exact) mass is 336 g/mol. The van der Waals surface area contributed by atoms with E-state index in [4.69, 9.17) is 18.9 Å². The highest BCUT2D eigenvalue weighted by atomic mass is 16.5. The molecular weight excluding hydrogens is 308 g/mol. The highest BCUT2D eigenvalue weighted by molar-refractivity contribution is 5.89. The van der Waals surface area contributed by atoms with E-state index >= 15 is 0 Å². The van der Waals surface area contributed by atoms with Gasteiger partial charge in [0.1, 0.15) is 5.75 Å². The third kappa shape index (κ3) is 5.49. The van der Waals surface area contributed by atoms with Crippen LogP contribution in [0.1, 0.15) is 43.5 Å². The van der Waals surface area contributed by atoms with E-state index in [0.29, 0.717) is 18.8 Å². The van der Waals surface area contributed by atoms with E-state index in [1.165, 1.54) is 0 Å². The summed E-state index contributed by atoms with van der Waals surface area (Å²) < 4.78 is 21.7. The van der Waals surface area contributed by atoms with Crippen molar-refractivity contribution in [2.24, 2.45) is 5.41 Å². The maximum Gasteiger partial charge on any atom is 0.338 e. The molecule has 0 bridgehead atoms. The van der Waals surface area contributed by atoms with Gasteiger partial charge in [0.2, 0.25) is 0 Å². The van der Waals surface area contributed by atoms with Crippen LogP contribution in [0.15, 0.2) is 24.3 Å². The molecule has 24 heavy (non-hydrogen) atoms. The minimum absolute atomic E-state index is 0.261. The fourth-order valence-corrected chi connectivity index (χ4v) is 2.47. The Morgan fingerprint density at radius 1 is 1.12 bits per heavy atom. The predicted octanol–water partition coefficient (Wildman–Crippen LogP) is 3.47. The molecule has 2 rings (SSSR count). The van der Waals surface area contributed by atoms with Gasteiger partial charge in [-0.1, -0.05) is 6.92 Å². The third-order valence-corrected chi connectivity index (χ3v) is 4.29. The van der Waals surface area contributed by atoms with Crippen LogP contribution in [0, 0.1) is 5.41 Å². The van der Waals surface area contributed by atoms with Crippen molar-refractivity contribution < 1.29 is 23.7 Å². The van der Waals surface area contributed by atoms with E-state index in [1.54, 1.807) is 31.2 Å². The molecule has 0 spiro atoms. The summed E-state index contributed by atoms with van der Waals surface area (Å²) in [7, 11) is 0. The summed E-state index contributed by atoms with van der Waals surface area (Å²) in [5.74, 6) is 0.462. The summed E-state index contributed by atoms with van der Waals surface area (Å²) >= 11 is 0. The molecular formula is C19H28O5. The molecule has 0 unspecified atom stereocenters. The van der Waals surface area contributed by atoms with E-state index in [9.17, 15) is 4.79 Å². The topological polar surface area (TPSA) is 54.0 Å². The first-order valence-electron chi connectivity index (χ1n) is 8.74. The Hall–Kier alpha value is -1.59. The lowest BCUT2D eigenvalue weighted by atomic mass is 9.84. The van der Waals surface area contributed by atoms with Crippen LogP contribution in [-0.4, -0.2) is 45.6 Å². The molecule has 1 aliphatic rings. The largest absolute Gasteiger partial charge is 0.494 e. The minimum atomic E-state index is -0.303. The average molecular weight is 336 g/mol. The van der Waals surface area contributed by atoms with E-state index in [1.807, 2.05) is 0 Å².